The number of alkyl halides is 3. The monoisotopic (exact) mass is 422 g/mol. The molecule has 3 nitrogen and oxygen atoms in total. The van der Waals surface area contributed by atoms with Gasteiger partial charge in [-0.15, -0.1) is 0 Å². The molecule has 1 heterocycles. The fourth-order valence-electron chi connectivity index (χ4n) is 4.69. The highest BCUT2D eigenvalue weighted by atomic mass is 19.4. The number of quaternary nitrogens is 1. The van der Waals surface area contributed by atoms with Gasteiger partial charge in [0.05, 0.1) is 38.0 Å². The first-order chi connectivity index (χ1) is 15.0. The third-order valence-electron chi connectivity index (χ3n) is 6.23. The molecule has 1 N–H and O–H groups in total. The number of nitrogens with one attached hydrogen (secondary N) is 1. The molecule has 0 atom stereocenters. The average Bonchev–Trinajstić information content (AvgIpc) is 3.12. The zero-order chi connectivity index (χ0) is 21.4. The molecule has 1 aliphatic carbocycles. The predicted molar refractivity (Wildman–Crippen MR) is 115 cm³/mol. The van der Waals surface area contributed by atoms with E-state index < -0.39 is 11.7 Å². The summed E-state index contributed by atoms with van der Waals surface area (Å²) in [5.74, 6) is 0. The van der Waals surface area contributed by atoms with E-state index >= 15 is 0 Å². The quantitative estimate of drug-likeness (QED) is 0.633. The van der Waals surface area contributed by atoms with Crippen LogP contribution in [0.15, 0.2) is 77.9 Å². The Morgan fingerprint density at radius 2 is 1.35 bits per heavy atom. The van der Waals surface area contributed by atoms with Gasteiger partial charge in [-0.1, -0.05) is 60.7 Å². The van der Waals surface area contributed by atoms with Gasteiger partial charge in [-0.3, -0.25) is 5.01 Å². The summed E-state index contributed by atoms with van der Waals surface area (Å²) in [6, 6.07) is 22.8. The second-order valence-corrected chi connectivity index (χ2v) is 8.08. The maximum Gasteiger partial charge on any atom is 0.416 e. The number of halogens is 3. The topological polar surface area (TPSA) is 20.0 Å². The van der Waals surface area contributed by atoms with Crippen molar-refractivity contribution in [2.24, 2.45) is 5.10 Å². The van der Waals surface area contributed by atoms with Crippen molar-refractivity contribution in [1.82, 2.24) is 5.01 Å². The fraction of sp³-hybridized carbons (Fsp3) is 0.240. The molecule has 0 bridgehead atoms. The van der Waals surface area contributed by atoms with E-state index in [0.29, 0.717) is 11.6 Å². The molecule has 158 valence electrons. The first-order valence-electron chi connectivity index (χ1n) is 10.5. The first-order valence-corrected chi connectivity index (χ1v) is 10.5. The molecule has 3 aromatic carbocycles. The van der Waals surface area contributed by atoms with Gasteiger partial charge in [-0.2, -0.15) is 18.3 Å². The Bertz CT molecular complexity index is 1050. The molecule has 0 spiro atoms. The van der Waals surface area contributed by atoms with E-state index in [1.807, 2.05) is 5.01 Å². The number of nitrogens with zero attached hydrogens (tertiary/aromatic N) is 2. The largest absolute Gasteiger partial charge is 0.416 e. The van der Waals surface area contributed by atoms with E-state index in [0.717, 1.165) is 38.3 Å². The van der Waals surface area contributed by atoms with Crippen molar-refractivity contribution < 1.29 is 18.1 Å². The molecule has 2 aliphatic rings. The molecule has 0 saturated carbocycles. The predicted octanol–water partition coefficient (Wildman–Crippen LogP) is 4.01. The Morgan fingerprint density at radius 1 is 0.806 bits per heavy atom. The van der Waals surface area contributed by atoms with Gasteiger partial charge in [0, 0.05) is 11.1 Å². The van der Waals surface area contributed by atoms with Gasteiger partial charge in [0.15, 0.2) is 0 Å². The lowest BCUT2D eigenvalue weighted by Crippen LogP contribution is -3.14. The second kappa shape index (κ2) is 7.85. The molecule has 0 unspecified atom stereocenters. The molecule has 1 aliphatic heterocycles. The highest BCUT2D eigenvalue weighted by Crippen LogP contribution is 2.41. The van der Waals surface area contributed by atoms with Gasteiger partial charge in [0.2, 0.25) is 0 Å². The SMILES string of the molecule is FC(F)(F)c1ccc(/C=N\N2CC[NH+](C3c4ccccc4-c4ccccc43)CC2)cc1. The Kier molecular flexibility index (Phi) is 5.02. The molecule has 3 aromatic rings. The number of benzene rings is 3. The van der Waals surface area contributed by atoms with Gasteiger partial charge < -0.3 is 4.90 Å². The average molecular weight is 422 g/mol. The Labute approximate surface area is 179 Å². The van der Waals surface area contributed by atoms with E-state index in [4.69, 9.17) is 0 Å². The summed E-state index contributed by atoms with van der Waals surface area (Å²) in [7, 11) is 0. The number of hydrazone groups is 1. The third-order valence-corrected chi connectivity index (χ3v) is 6.23. The Hall–Kier alpha value is -3.12. The summed E-state index contributed by atoms with van der Waals surface area (Å²) in [6.07, 6.45) is -2.67. The summed E-state index contributed by atoms with van der Waals surface area (Å²) in [5, 5.41) is 6.52. The molecule has 1 fully saturated rings. The van der Waals surface area contributed by atoms with Crippen LogP contribution in [-0.2, 0) is 6.18 Å². The van der Waals surface area contributed by atoms with E-state index in [1.54, 1.807) is 6.21 Å². The highest BCUT2D eigenvalue weighted by Gasteiger charge is 2.37. The zero-order valence-corrected chi connectivity index (χ0v) is 16.9. The van der Waals surface area contributed by atoms with E-state index in [9.17, 15) is 13.2 Å². The van der Waals surface area contributed by atoms with Crippen LogP contribution in [0.1, 0.15) is 28.3 Å². The van der Waals surface area contributed by atoms with E-state index in [2.05, 4.69) is 53.6 Å². The third kappa shape index (κ3) is 3.83. The van der Waals surface area contributed by atoms with Crippen LogP contribution in [0.4, 0.5) is 13.2 Å². The lowest BCUT2D eigenvalue weighted by molar-refractivity contribution is -0.929. The summed E-state index contributed by atoms with van der Waals surface area (Å²) in [5.41, 5.74) is 5.47. The van der Waals surface area contributed by atoms with Crippen molar-refractivity contribution in [3.8, 4) is 11.1 Å². The molecule has 5 rings (SSSR count). The Morgan fingerprint density at radius 3 is 1.90 bits per heavy atom. The van der Waals surface area contributed by atoms with Crippen LogP contribution < -0.4 is 4.90 Å². The van der Waals surface area contributed by atoms with Crippen LogP contribution in [0.25, 0.3) is 11.1 Å². The highest BCUT2D eigenvalue weighted by molar-refractivity contribution is 5.79. The van der Waals surface area contributed by atoms with Crippen molar-refractivity contribution in [2.45, 2.75) is 12.2 Å². The van der Waals surface area contributed by atoms with E-state index in [1.165, 1.54) is 39.3 Å². The van der Waals surface area contributed by atoms with Crippen molar-refractivity contribution >= 4 is 6.21 Å². The lowest BCUT2D eigenvalue weighted by Gasteiger charge is -2.34. The van der Waals surface area contributed by atoms with Crippen LogP contribution >= 0.6 is 0 Å². The standard InChI is InChI=1S/C25H22F3N3/c26-25(27,28)19-11-9-18(10-12-19)17-29-31-15-13-30(14-16-31)24-22-7-3-1-5-20(22)21-6-2-4-8-23(21)24/h1-12,17,24H,13-16H2/p+1/b29-17-. The smallest absolute Gasteiger partial charge is 0.322 e. The van der Waals surface area contributed by atoms with Crippen molar-refractivity contribution in [1.29, 1.82) is 0 Å². The molecule has 0 aromatic heterocycles. The van der Waals surface area contributed by atoms with Crippen LogP contribution in [-0.4, -0.2) is 37.4 Å². The van der Waals surface area contributed by atoms with Crippen LogP contribution in [0.5, 0.6) is 0 Å². The summed E-state index contributed by atoms with van der Waals surface area (Å²) in [4.78, 5) is 1.53. The molecular formula is C25H23F3N3+. The van der Waals surface area contributed by atoms with Gasteiger partial charge >= 0.3 is 6.18 Å². The van der Waals surface area contributed by atoms with E-state index in [-0.39, 0.29) is 0 Å². The van der Waals surface area contributed by atoms with Crippen LogP contribution in [0.3, 0.4) is 0 Å². The van der Waals surface area contributed by atoms with Crippen molar-refractivity contribution in [3.05, 3.63) is 95.1 Å². The lowest BCUT2D eigenvalue weighted by atomic mass is 10.0. The Balaban J connectivity index is 1.27. The van der Waals surface area contributed by atoms with Crippen LogP contribution in [0, 0.1) is 0 Å². The van der Waals surface area contributed by atoms with Crippen LogP contribution in [0.2, 0.25) is 0 Å². The molecule has 6 heteroatoms. The molecule has 0 amide bonds. The number of hydrogen-bond donors (Lipinski definition) is 1. The first kappa shape index (κ1) is 19.8. The number of rotatable bonds is 3. The van der Waals surface area contributed by atoms with Gasteiger partial charge in [-0.05, 0) is 28.8 Å². The fourth-order valence-corrected chi connectivity index (χ4v) is 4.69. The number of piperazine rings is 1. The van der Waals surface area contributed by atoms with Gasteiger partial charge in [0.1, 0.15) is 6.04 Å². The molecule has 31 heavy (non-hydrogen) atoms. The molecule has 1 saturated heterocycles. The summed E-state index contributed by atoms with van der Waals surface area (Å²) < 4.78 is 38.1. The molecular weight excluding hydrogens is 399 g/mol. The number of hydrogen-bond acceptors (Lipinski definition) is 2. The zero-order valence-electron chi connectivity index (χ0n) is 16.9. The minimum atomic E-state index is -4.31. The van der Waals surface area contributed by atoms with Crippen molar-refractivity contribution in [2.75, 3.05) is 26.2 Å². The maximum absolute atomic E-state index is 12.7. The summed E-state index contributed by atoms with van der Waals surface area (Å²) >= 11 is 0. The van der Waals surface area contributed by atoms with Gasteiger partial charge in [-0.25, -0.2) is 0 Å². The second-order valence-electron chi connectivity index (χ2n) is 8.08. The maximum atomic E-state index is 12.7. The normalized spacial score (nSPS) is 17.2. The summed E-state index contributed by atoms with van der Waals surface area (Å²) in [6.45, 7) is 3.54. The minimum Gasteiger partial charge on any atom is -0.322 e. The number of fused-ring (bicyclic) bond motifs is 3. The minimum absolute atomic E-state index is 0.341. The van der Waals surface area contributed by atoms with Gasteiger partial charge in [0.25, 0.3) is 0 Å². The van der Waals surface area contributed by atoms with Crippen molar-refractivity contribution in [3.63, 3.8) is 0 Å². The molecule has 0 radical (unpaired) electrons.